The molecule has 1 atom stereocenters. The van der Waals surface area contributed by atoms with Crippen molar-refractivity contribution in [2.24, 2.45) is 7.05 Å². The van der Waals surface area contributed by atoms with Crippen LogP contribution < -0.4 is 10.2 Å². The van der Waals surface area contributed by atoms with E-state index in [0.717, 1.165) is 24.9 Å². The number of anilines is 1. The van der Waals surface area contributed by atoms with E-state index in [4.69, 9.17) is 16.0 Å². The summed E-state index contributed by atoms with van der Waals surface area (Å²) in [5, 5.41) is 7.74. The second kappa shape index (κ2) is 6.40. The van der Waals surface area contributed by atoms with Crippen LogP contribution in [0.2, 0.25) is 5.02 Å². The number of aromatic nitrogens is 3. The van der Waals surface area contributed by atoms with Crippen molar-refractivity contribution >= 4 is 34.6 Å². The number of nitrogens with one attached hydrogen (secondary N) is 1. The second-order valence-corrected chi connectivity index (χ2v) is 6.64. The van der Waals surface area contributed by atoms with Gasteiger partial charge in [-0.25, -0.2) is 0 Å². The molecular weight excluding hydrogens is 342 g/mol. The first-order chi connectivity index (χ1) is 12.1. The fourth-order valence-corrected chi connectivity index (χ4v) is 3.31. The van der Waals surface area contributed by atoms with Crippen molar-refractivity contribution in [3.63, 3.8) is 0 Å². The van der Waals surface area contributed by atoms with Crippen LogP contribution in [-0.4, -0.2) is 39.8 Å². The predicted molar refractivity (Wildman–Crippen MR) is 94.9 cm³/mol. The van der Waals surface area contributed by atoms with Crippen LogP contribution in [0.25, 0.3) is 11.1 Å². The van der Waals surface area contributed by atoms with Crippen LogP contribution >= 0.6 is 11.6 Å². The molecule has 1 saturated heterocycles. The number of hydrogen-bond donors (Lipinski definition) is 1. The molecule has 1 fully saturated rings. The van der Waals surface area contributed by atoms with Gasteiger partial charge in [-0.2, -0.15) is 10.1 Å². The van der Waals surface area contributed by atoms with Crippen LogP contribution in [-0.2, 0) is 7.05 Å². The lowest BCUT2D eigenvalue weighted by Gasteiger charge is -2.32. The van der Waals surface area contributed by atoms with Gasteiger partial charge in [0.15, 0.2) is 5.58 Å². The highest BCUT2D eigenvalue weighted by molar-refractivity contribution is 6.31. The molecular formula is C17H18ClN5O2. The van der Waals surface area contributed by atoms with Gasteiger partial charge < -0.3 is 14.6 Å². The fourth-order valence-electron chi connectivity index (χ4n) is 3.15. The summed E-state index contributed by atoms with van der Waals surface area (Å²) in [4.78, 5) is 19.0. The quantitative estimate of drug-likeness (QED) is 0.778. The molecule has 3 heterocycles. The summed E-state index contributed by atoms with van der Waals surface area (Å²) >= 11 is 6.01. The molecule has 7 nitrogen and oxygen atoms in total. The van der Waals surface area contributed by atoms with Crippen LogP contribution in [0.4, 0.5) is 6.01 Å². The molecule has 1 aromatic carbocycles. The summed E-state index contributed by atoms with van der Waals surface area (Å²) in [5.41, 5.74) is 2.00. The fraction of sp³-hybridized carbons (Fsp3) is 0.353. The topological polar surface area (TPSA) is 76.2 Å². The van der Waals surface area contributed by atoms with Crippen LogP contribution in [0.1, 0.15) is 23.3 Å². The zero-order chi connectivity index (χ0) is 17.4. The maximum absolute atomic E-state index is 12.4. The number of carbonyl (C=O) groups excluding carboxylic acids is 1. The lowest BCUT2D eigenvalue weighted by molar-refractivity contribution is 0.0923. The normalized spacial score (nSPS) is 17.8. The Morgan fingerprint density at radius 1 is 1.40 bits per heavy atom. The Balaban J connectivity index is 1.48. The minimum Gasteiger partial charge on any atom is -0.423 e. The lowest BCUT2D eigenvalue weighted by Crippen LogP contribution is -2.48. The van der Waals surface area contributed by atoms with Crippen molar-refractivity contribution in [3.05, 3.63) is 41.2 Å². The number of halogens is 1. The molecule has 8 heteroatoms. The van der Waals surface area contributed by atoms with E-state index in [0.29, 0.717) is 28.9 Å². The molecule has 0 saturated carbocycles. The van der Waals surface area contributed by atoms with E-state index >= 15 is 0 Å². The van der Waals surface area contributed by atoms with Crippen molar-refractivity contribution in [1.82, 2.24) is 20.1 Å². The first kappa shape index (κ1) is 16.0. The Hall–Kier alpha value is -2.54. The maximum atomic E-state index is 12.4. The van der Waals surface area contributed by atoms with E-state index in [2.05, 4.69) is 20.3 Å². The summed E-state index contributed by atoms with van der Waals surface area (Å²) < 4.78 is 7.41. The molecule has 25 heavy (non-hydrogen) atoms. The van der Waals surface area contributed by atoms with Gasteiger partial charge in [-0.3, -0.25) is 9.48 Å². The first-order valence-electron chi connectivity index (χ1n) is 8.20. The van der Waals surface area contributed by atoms with Crippen LogP contribution in [0, 0.1) is 0 Å². The first-order valence-corrected chi connectivity index (χ1v) is 8.58. The Morgan fingerprint density at radius 3 is 3.08 bits per heavy atom. The second-order valence-electron chi connectivity index (χ2n) is 6.21. The van der Waals surface area contributed by atoms with E-state index in [9.17, 15) is 4.79 Å². The number of rotatable bonds is 3. The number of oxazole rings is 1. The standard InChI is InChI=1S/C17H18ClN5O2/c1-22-14(6-7-19-22)16(24)20-12-3-2-8-23(10-12)17-21-13-9-11(18)4-5-15(13)25-17/h4-7,9,12H,2-3,8,10H2,1H3,(H,20,24). The van der Waals surface area contributed by atoms with Crippen LogP contribution in [0.3, 0.4) is 0 Å². The number of hydrogen-bond acceptors (Lipinski definition) is 5. The average Bonchev–Trinajstić information content (AvgIpc) is 3.20. The van der Waals surface area contributed by atoms with Crippen molar-refractivity contribution in [1.29, 1.82) is 0 Å². The van der Waals surface area contributed by atoms with E-state index in [1.54, 1.807) is 36.1 Å². The number of piperidine rings is 1. The average molecular weight is 360 g/mol. The number of fused-ring (bicyclic) bond motifs is 1. The summed E-state index contributed by atoms with van der Waals surface area (Å²) in [7, 11) is 1.76. The summed E-state index contributed by atoms with van der Waals surface area (Å²) in [6.45, 7) is 1.50. The smallest absolute Gasteiger partial charge is 0.298 e. The van der Waals surface area contributed by atoms with Gasteiger partial charge in [0.05, 0.1) is 0 Å². The molecule has 0 radical (unpaired) electrons. The van der Waals surface area contributed by atoms with Crippen molar-refractivity contribution in [2.45, 2.75) is 18.9 Å². The Kier molecular flexibility index (Phi) is 4.09. The third-order valence-electron chi connectivity index (χ3n) is 4.42. The van der Waals surface area contributed by atoms with Gasteiger partial charge in [-0.15, -0.1) is 0 Å². The van der Waals surface area contributed by atoms with Gasteiger partial charge in [0.25, 0.3) is 11.9 Å². The zero-order valence-electron chi connectivity index (χ0n) is 13.8. The molecule has 1 aliphatic heterocycles. The van der Waals surface area contributed by atoms with Crippen molar-refractivity contribution < 1.29 is 9.21 Å². The number of benzene rings is 1. The minimum absolute atomic E-state index is 0.0368. The highest BCUT2D eigenvalue weighted by Crippen LogP contribution is 2.26. The lowest BCUT2D eigenvalue weighted by atomic mass is 10.1. The summed E-state index contributed by atoms with van der Waals surface area (Å²) in [6, 6.07) is 7.70. The molecule has 1 unspecified atom stereocenters. The molecule has 1 N–H and O–H groups in total. The molecule has 130 valence electrons. The Labute approximate surface area is 149 Å². The number of carbonyl (C=O) groups is 1. The van der Waals surface area contributed by atoms with Gasteiger partial charge in [-0.05, 0) is 37.1 Å². The third kappa shape index (κ3) is 3.19. The third-order valence-corrected chi connectivity index (χ3v) is 4.65. The van der Waals surface area contributed by atoms with Gasteiger partial charge >= 0.3 is 0 Å². The summed E-state index contributed by atoms with van der Waals surface area (Å²) in [6.07, 6.45) is 3.49. The zero-order valence-corrected chi connectivity index (χ0v) is 14.5. The van der Waals surface area contributed by atoms with Gasteiger partial charge in [0.2, 0.25) is 0 Å². The van der Waals surface area contributed by atoms with Crippen LogP contribution in [0.15, 0.2) is 34.9 Å². The highest BCUT2D eigenvalue weighted by atomic mass is 35.5. The number of aryl methyl sites for hydroxylation is 1. The SMILES string of the molecule is Cn1nccc1C(=O)NC1CCCN(c2nc3cc(Cl)ccc3o2)C1. The molecule has 1 aliphatic rings. The van der Waals surface area contributed by atoms with Gasteiger partial charge in [0.1, 0.15) is 11.2 Å². The van der Waals surface area contributed by atoms with Gasteiger partial charge in [0, 0.05) is 37.4 Å². The molecule has 3 aromatic rings. The molecule has 0 spiro atoms. The van der Waals surface area contributed by atoms with Crippen LogP contribution in [0.5, 0.6) is 0 Å². The molecule has 1 amide bonds. The molecule has 4 rings (SSSR count). The van der Waals surface area contributed by atoms with E-state index < -0.39 is 0 Å². The van der Waals surface area contributed by atoms with Gasteiger partial charge in [-0.1, -0.05) is 11.6 Å². The number of nitrogens with zero attached hydrogens (tertiary/aromatic N) is 4. The molecule has 2 aromatic heterocycles. The van der Waals surface area contributed by atoms with E-state index in [-0.39, 0.29) is 11.9 Å². The maximum Gasteiger partial charge on any atom is 0.298 e. The molecule has 0 bridgehead atoms. The Bertz CT molecular complexity index is 919. The number of amides is 1. The summed E-state index contributed by atoms with van der Waals surface area (Å²) in [5.74, 6) is -0.115. The van der Waals surface area contributed by atoms with E-state index in [1.165, 1.54) is 0 Å². The predicted octanol–water partition coefficient (Wildman–Crippen LogP) is 2.61. The Morgan fingerprint density at radius 2 is 2.28 bits per heavy atom. The largest absolute Gasteiger partial charge is 0.423 e. The molecule has 0 aliphatic carbocycles. The highest BCUT2D eigenvalue weighted by Gasteiger charge is 2.25. The minimum atomic E-state index is -0.115. The monoisotopic (exact) mass is 359 g/mol. The van der Waals surface area contributed by atoms with E-state index in [1.807, 2.05) is 6.07 Å². The van der Waals surface area contributed by atoms with Crippen molar-refractivity contribution in [2.75, 3.05) is 18.0 Å². The van der Waals surface area contributed by atoms with Crippen molar-refractivity contribution in [3.8, 4) is 0 Å².